The standard InChI is InChI=1S/C28H21Cl2N3O4S/c1-2-37-28(36)17-11-13-19(14-12-17)32-25(34)21(16-31)27-33(20-8-4-3-5-9-20)26(35)23(38-27)15-18-7-6-10-22(29)24(18)30/h3-14,23H,2,15H2,1H3,(H,32,34)/b27-21-/t23-/m0/s1. The van der Waals surface area contributed by atoms with Crippen molar-refractivity contribution in [3.8, 4) is 6.07 Å². The van der Waals surface area contributed by atoms with E-state index in [0.717, 1.165) is 11.8 Å². The highest BCUT2D eigenvalue weighted by Crippen LogP contribution is 2.43. The third kappa shape index (κ3) is 5.86. The number of benzene rings is 3. The fourth-order valence-electron chi connectivity index (χ4n) is 3.80. The lowest BCUT2D eigenvalue weighted by Crippen LogP contribution is -2.31. The van der Waals surface area contributed by atoms with E-state index < -0.39 is 17.1 Å². The van der Waals surface area contributed by atoms with Gasteiger partial charge < -0.3 is 10.1 Å². The summed E-state index contributed by atoms with van der Waals surface area (Å²) in [6.45, 7) is 1.96. The first kappa shape index (κ1) is 27.3. The molecule has 0 bridgehead atoms. The van der Waals surface area contributed by atoms with Crippen molar-refractivity contribution in [3.63, 3.8) is 0 Å². The molecule has 0 aliphatic carbocycles. The molecule has 0 saturated carbocycles. The first-order valence-electron chi connectivity index (χ1n) is 11.6. The van der Waals surface area contributed by atoms with Crippen LogP contribution in [0.15, 0.2) is 83.4 Å². The Morgan fingerprint density at radius 3 is 2.42 bits per heavy atom. The Balaban J connectivity index is 1.66. The van der Waals surface area contributed by atoms with Crippen LogP contribution >= 0.6 is 35.0 Å². The van der Waals surface area contributed by atoms with E-state index in [0.29, 0.717) is 32.5 Å². The first-order chi connectivity index (χ1) is 18.3. The van der Waals surface area contributed by atoms with Gasteiger partial charge in [-0.15, -0.1) is 0 Å². The van der Waals surface area contributed by atoms with Crippen molar-refractivity contribution in [2.45, 2.75) is 18.6 Å². The lowest BCUT2D eigenvalue weighted by Gasteiger charge is -2.18. The van der Waals surface area contributed by atoms with Crippen molar-refractivity contribution in [2.75, 3.05) is 16.8 Å². The first-order valence-corrected chi connectivity index (χ1v) is 13.2. The molecule has 3 aromatic carbocycles. The third-order valence-electron chi connectivity index (χ3n) is 5.61. The predicted octanol–water partition coefficient (Wildman–Crippen LogP) is 6.24. The smallest absolute Gasteiger partial charge is 0.338 e. The molecule has 0 spiro atoms. The molecule has 0 unspecified atom stereocenters. The van der Waals surface area contributed by atoms with Crippen LogP contribution in [0.4, 0.5) is 11.4 Å². The second kappa shape index (κ2) is 12.2. The fraction of sp³-hybridized carbons (Fsp3) is 0.143. The fourth-order valence-corrected chi connectivity index (χ4v) is 5.50. The van der Waals surface area contributed by atoms with Crippen molar-refractivity contribution >= 4 is 64.1 Å². The normalized spacial score (nSPS) is 16.1. The molecule has 3 aromatic rings. The van der Waals surface area contributed by atoms with Gasteiger partial charge in [-0.25, -0.2) is 4.79 Å². The van der Waals surface area contributed by atoms with E-state index in [2.05, 4.69) is 5.32 Å². The Morgan fingerprint density at radius 1 is 1.05 bits per heavy atom. The maximum absolute atomic E-state index is 13.6. The van der Waals surface area contributed by atoms with Gasteiger partial charge in [0.2, 0.25) is 5.91 Å². The Hall–Kier alpha value is -3.77. The Labute approximate surface area is 234 Å². The van der Waals surface area contributed by atoms with Crippen LogP contribution < -0.4 is 10.2 Å². The zero-order chi connectivity index (χ0) is 27.2. The monoisotopic (exact) mass is 565 g/mol. The minimum absolute atomic E-state index is 0.215. The van der Waals surface area contributed by atoms with E-state index in [9.17, 15) is 19.6 Å². The summed E-state index contributed by atoms with van der Waals surface area (Å²) in [5.74, 6) is -1.45. The van der Waals surface area contributed by atoms with E-state index in [-0.39, 0.29) is 29.5 Å². The van der Waals surface area contributed by atoms with Crippen LogP contribution in [-0.2, 0) is 20.7 Å². The summed E-state index contributed by atoms with van der Waals surface area (Å²) in [5.41, 5.74) is 1.70. The van der Waals surface area contributed by atoms with E-state index >= 15 is 0 Å². The summed E-state index contributed by atoms with van der Waals surface area (Å²) in [5, 5.41) is 13.0. The number of para-hydroxylation sites is 1. The molecular weight excluding hydrogens is 545 g/mol. The SMILES string of the molecule is CCOC(=O)c1ccc(NC(=O)/C(C#N)=C2\S[C@@H](Cc3cccc(Cl)c3Cl)C(=O)N2c2ccccc2)cc1. The van der Waals surface area contributed by atoms with Gasteiger partial charge in [-0.1, -0.05) is 65.3 Å². The van der Waals surface area contributed by atoms with Gasteiger partial charge in [-0.3, -0.25) is 14.5 Å². The molecule has 7 nitrogen and oxygen atoms in total. The largest absolute Gasteiger partial charge is 0.462 e. The Morgan fingerprint density at radius 2 is 1.76 bits per heavy atom. The summed E-state index contributed by atoms with van der Waals surface area (Å²) < 4.78 is 4.97. The quantitative estimate of drug-likeness (QED) is 0.207. The number of esters is 1. The second-order valence-corrected chi connectivity index (χ2v) is 10.1. The molecule has 38 heavy (non-hydrogen) atoms. The molecule has 4 rings (SSSR count). The van der Waals surface area contributed by atoms with Crippen molar-refractivity contribution in [1.29, 1.82) is 5.26 Å². The number of amides is 2. The van der Waals surface area contributed by atoms with Gasteiger partial charge in [0, 0.05) is 11.4 Å². The van der Waals surface area contributed by atoms with E-state index in [1.807, 2.05) is 12.1 Å². The zero-order valence-corrected chi connectivity index (χ0v) is 22.4. The van der Waals surface area contributed by atoms with Crippen LogP contribution in [-0.4, -0.2) is 29.6 Å². The molecule has 1 aliphatic heterocycles. The molecule has 0 aromatic heterocycles. The van der Waals surface area contributed by atoms with Gasteiger partial charge in [0.25, 0.3) is 5.91 Å². The predicted molar refractivity (Wildman–Crippen MR) is 149 cm³/mol. The molecule has 2 amide bonds. The van der Waals surface area contributed by atoms with Crippen LogP contribution in [0.3, 0.4) is 0 Å². The highest BCUT2D eigenvalue weighted by atomic mass is 35.5. The average Bonchev–Trinajstić information content (AvgIpc) is 3.23. The number of nitrogens with one attached hydrogen (secondary N) is 1. The summed E-state index contributed by atoms with van der Waals surface area (Å²) in [6.07, 6.45) is 0.255. The third-order valence-corrected chi connectivity index (χ3v) is 7.73. The molecule has 0 radical (unpaired) electrons. The number of anilines is 2. The summed E-state index contributed by atoms with van der Waals surface area (Å²) in [6, 6.07) is 22.1. The van der Waals surface area contributed by atoms with Crippen molar-refractivity contribution < 1.29 is 19.1 Å². The van der Waals surface area contributed by atoms with E-state index in [4.69, 9.17) is 27.9 Å². The number of carbonyl (C=O) groups excluding carboxylic acids is 3. The van der Waals surface area contributed by atoms with Gasteiger partial charge in [0.1, 0.15) is 16.7 Å². The van der Waals surface area contributed by atoms with Crippen molar-refractivity contribution in [1.82, 2.24) is 0 Å². The van der Waals surface area contributed by atoms with Crippen LogP contribution in [0, 0.1) is 11.3 Å². The summed E-state index contributed by atoms with van der Waals surface area (Å²) >= 11 is 13.6. The second-order valence-electron chi connectivity index (χ2n) is 8.08. The minimum atomic E-state index is -0.686. The maximum Gasteiger partial charge on any atom is 0.338 e. The number of nitriles is 1. The number of carbonyl (C=O) groups is 3. The number of ether oxygens (including phenoxy) is 1. The van der Waals surface area contributed by atoms with Crippen LogP contribution in [0.5, 0.6) is 0 Å². The molecule has 1 heterocycles. The molecule has 10 heteroatoms. The lowest BCUT2D eigenvalue weighted by atomic mass is 10.1. The number of hydrogen-bond donors (Lipinski definition) is 1. The van der Waals surface area contributed by atoms with E-state index in [1.165, 1.54) is 29.2 Å². The topological polar surface area (TPSA) is 99.5 Å². The molecule has 1 N–H and O–H groups in total. The van der Waals surface area contributed by atoms with Gasteiger partial charge in [0.05, 0.1) is 27.5 Å². The zero-order valence-electron chi connectivity index (χ0n) is 20.1. The molecule has 1 atom stereocenters. The molecule has 1 fully saturated rings. The van der Waals surface area contributed by atoms with Gasteiger partial charge >= 0.3 is 5.97 Å². The van der Waals surface area contributed by atoms with Gasteiger partial charge in [-0.2, -0.15) is 5.26 Å². The van der Waals surface area contributed by atoms with Gasteiger partial charge in [0.15, 0.2) is 0 Å². The molecule has 1 aliphatic rings. The van der Waals surface area contributed by atoms with E-state index in [1.54, 1.807) is 49.4 Å². The number of halogens is 2. The minimum Gasteiger partial charge on any atom is -0.462 e. The Kier molecular flexibility index (Phi) is 8.74. The number of rotatable bonds is 7. The van der Waals surface area contributed by atoms with Crippen molar-refractivity contribution in [3.05, 3.63) is 105 Å². The Bertz CT molecular complexity index is 1450. The molecule has 1 saturated heterocycles. The number of nitrogens with zero attached hydrogens (tertiary/aromatic N) is 2. The van der Waals surface area contributed by atoms with Crippen LogP contribution in [0.1, 0.15) is 22.8 Å². The highest BCUT2D eigenvalue weighted by Gasteiger charge is 2.41. The summed E-state index contributed by atoms with van der Waals surface area (Å²) in [7, 11) is 0. The highest BCUT2D eigenvalue weighted by molar-refractivity contribution is 8.05. The average molecular weight is 566 g/mol. The number of thioether (sulfide) groups is 1. The maximum atomic E-state index is 13.6. The van der Waals surface area contributed by atoms with Gasteiger partial charge in [-0.05, 0) is 61.4 Å². The summed E-state index contributed by atoms with van der Waals surface area (Å²) in [4.78, 5) is 40.1. The van der Waals surface area contributed by atoms with Crippen molar-refractivity contribution in [2.24, 2.45) is 0 Å². The molecule has 192 valence electrons. The van der Waals surface area contributed by atoms with Crippen LogP contribution in [0.25, 0.3) is 0 Å². The lowest BCUT2D eigenvalue weighted by molar-refractivity contribution is -0.117. The van der Waals surface area contributed by atoms with Crippen LogP contribution in [0.2, 0.25) is 10.0 Å². The molecular formula is C28H21Cl2N3O4S. The number of hydrogen-bond acceptors (Lipinski definition) is 6.